The summed E-state index contributed by atoms with van der Waals surface area (Å²) < 4.78 is 13.7. The van der Waals surface area contributed by atoms with Crippen LogP contribution in [0.3, 0.4) is 0 Å². The van der Waals surface area contributed by atoms with Gasteiger partial charge in [-0.3, -0.25) is 4.98 Å². The number of aryl methyl sites for hydroxylation is 3. The van der Waals surface area contributed by atoms with Crippen LogP contribution < -0.4 is 4.90 Å². The van der Waals surface area contributed by atoms with E-state index < -0.39 is 0 Å². The number of rotatable bonds is 5. The minimum absolute atomic E-state index is 0.205. The Bertz CT molecular complexity index is 582. The van der Waals surface area contributed by atoms with Gasteiger partial charge in [-0.1, -0.05) is 13.0 Å². The van der Waals surface area contributed by atoms with Gasteiger partial charge in [-0.25, -0.2) is 9.37 Å². The third-order valence-corrected chi connectivity index (χ3v) is 3.28. The van der Waals surface area contributed by atoms with Crippen LogP contribution in [0.25, 0.3) is 0 Å². The van der Waals surface area contributed by atoms with E-state index in [4.69, 9.17) is 0 Å². The zero-order valence-corrected chi connectivity index (χ0v) is 12.2. The summed E-state index contributed by atoms with van der Waals surface area (Å²) in [5.41, 5.74) is 2.62. The summed E-state index contributed by atoms with van der Waals surface area (Å²) in [6.45, 7) is 1.91. The molecule has 3 nitrogen and oxygen atoms in total. The van der Waals surface area contributed by atoms with E-state index in [2.05, 4.69) is 16.0 Å². The van der Waals surface area contributed by atoms with Crippen LogP contribution >= 0.6 is 0 Å². The highest BCUT2D eigenvalue weighted by Crippen LogP contribution is 2.17. The third kappa shape index (κ3) is 3.32. The topological polar surface area (TPSA) is 29.0 Å². The van der Waals surface area contributed by atoms with Crippen LogP contribution in [0, 0.1) is 5.82 Å². The molecular weight excluding hydrogens is 253 g/mol. The fourth-order valence-corrected chi connectivity index (χ4v) is 2.21. The number of hydrogen-bond donors (Lipinski definition) is 0. The molecule has 0 radical (unpaired) electrons. The molecule has 0 aliphatic rings. The van der Waals surface area contributed by atoms with Crippen molar-refractivity contribution in [1.29, 1.82) is 0 Å². The quantitative estimate of drug-likeness (QED) is 0.838. The lowest BCUT2D eigenvalue weighted by Gasteiger charge is -2.15. The molecule has 0 fully saturated rings. The van der Waals surface area contributed by atoms with Crippen LogP contribution in [-0.4, -0.2) is 24.1 Å². The first-order chi connectivity index (χ1) is 9.61. The molecule has 2 aromatic rings. The number of aromatic nitrogens is 2. The molecule has 2 aromatic heterocycles. The van der Waals surface area contributed by atoms with Crippen molar-refractivity contribution in [2.24, 2.45) is 0 Å². The SMILES string of the molecule is CCc1ncc(CCc2cccnc2N(C)C)cc1F. The highest BCUT2D eigenvalue weighted by atomic mass is 19.1. The Labute approximate surface area is 119 Å². The standard InChI is InChI=1S/C16H20FN3/c1-4-15-14(17)10-12(11-19-15)7-8-13-6-5-9-18-16(13)20(2)3/h5-6,9-11H,4,7-8H2,1-3H3. The zero-order valence-electron chi connectivity index (χ0n) is 12.2. The molecule has 0 aliphatic heterocycles. The molecule has 0 aliphatic carbocycles. The molecule has 106 valence electrons. The molecule has 0 saturated heterocycles. The summed E-state index contributed by atoms with van der Waals surface area (Å²) in [5, 5.41) is 0. The first-order valence-electron chi connectivity index (χ1n) is 6.86. The first kappa shape index (κ1) is 14.4. The van der Waals surface area contributed by atoms with E-state index in [1.54, 1.807) is 18.5 Å². The maximum atomic E-state index is 13.7. The molecule has 2 rings (SSSR count). The molecular formula is C16H20FN3. The van der Waals surface area contributed by atoms with Crippen molar-refractivity contribution in [2.75, 3.05) is 19.0 Å². The fourth-order valence-electron chi connectivity index (χ4n) is 2.21. The predicted molar refractivity (Wildman–Crippen MR) is 79.5 cm³/mol. The van der Waals surface area contributed by atoms with Gasteiger partial charge < -0.3 is 4.90 Å². The van der Waals surface area contributed by atoms with Crippen molar-refractivity contribution in [3.8, 4) is 0 Å². The lowest BCUT2D eigenvalue weighted by atomic mass is 10.1. The number of pyridine rings is 2. The summed E-state index contributed by atoms with van der Waals surface area (Å²) in [4.78, 5) is 10.5. The molecule has 0 spiro atoms. The van der Waals surface area contributed by atoms with Gasteiger partial charge in [0.15, 0.2) is 0 Å². The first-order valence-corrected chi connectivity index (χ1v) is 6.86. The smallest absolute Gasteiger partial charge is 0.144 e. The van der Waals surface area contributed by atoms with Gasteiger partial charge >= 0.3 is 0 Å². The monoisotopic (exact) mass is 273 g/mol. The summed E-state index contributed by atoms with van der Waals surface area (Å²) in [5.74, 6) is 0.759. The Morgan fingerprint density at radius 2 is 2.00 bits per heavy atom. The van der Waals surface area contributed by atoms with Crippen molar-refractivity contribution in [2.45, 2.75) is 26.2 Å². The van der Waals surface area contributed by atoms with Gasteiger partial charge in [0.05, 0.1) is 5.69 Å². The maximum Gasteiger partial charge on any atom is 0.144 e. The van der Waals surface area contributed by atoms with Gasteiger partial charge in [-0.15, -0.1) is 0 Å². The van der Waals surface area contributed by atoms with Gasteiger partial charge in [0, 0.05) is 26.5 Å². The van der Waals surface area contributed by atoms with E-state index in [9.17, 15) is 4.39 Å². The fraction of sp³-hybridized carbons (Fsp3) is 0.375. The predicted octanol–water partition coefficient (Wildman–Crippen LogP) is 3.03. The van der Waals surface area contributed by atoms with Gasteiger partial charge in [-0.2, -0.15) is 0 Å². The second-order valence-corrected chi connectivity index (χ2v) is 5.01. The van der Waals surface area contributed by atoms with E-state index in [0.717, 1.165) is 29.8 Å². The number of halogens is 1. The van der Waals surface area contributed by atoms with Crippen molar-refractivity contribution < 1.29 is 4.39 Å². The third-order valence-electron chi connectivity index (χ3n) is 3.28. The van der Waals surface area contributed by atoms with E-state index in [1.807, 2.05) is 32.0 Å². The Morgan fingerprint density at radius 3 is 2.65 bits per heavy atom. The van der Waals surface area contributed by atoms with E-state index >= 15 is 0 Å². The molecule has 0 bridgehead atoms. The molecule has 0 N–H and O–H groups in total. The van der Waals surface area contributed by atoms with E-state index in [-0.39, 0.29) is 5.82 Å². The lowest BCUT2D eigenvalue weighted by Crippen LogP contribution is -2.13. The van der Waals surface area contributed by atoms with Crippen molar-refractivity contribution in [3.63, 3.8) is 0 Å². The molecule has 0 unspecified atom stereocenters. The van der Waals surface area contributed by atoms with Crippen molar-refractivity contribution in [3.05, 3.63) is 53.2 Å². The Kier molecular flexibility index (Phi) is 4.66. The average Bonchev–Trinajstić information content (AvgIpc) is 2.45. The average molecular weight is 273 g/mol. The Balaban J connectivity index is 2.11. The minimum Gasteiger partial charge on any atom is -0.363 e. The van der Waals surface area contributed by atoms with Crippen LogP contribution in [0.4, 0.5) is 10.2 Å². The van der Waals surface area contributed by atoms with Crippen LogP contribution in [0.15, 0.2) is 30.6 Å². The number of nitrogens with zero attached hydrogens (tertiary/aromatic N) is 3. The number of hydrogen-bond acceptors (Lipinski definition) is 3. The molecule has 0 atom stereocenters. The van der Waals surface area contributed by atoms with Gasteiger partial charge in [0.25, 0.3) is 0 Å². The minimum atomic E-state index is -0.205. The molecule has 2 heterocycles. The van der Waals surface area contributed by atoms with Crippen LogP contribution in [0.5, 0.6) is 0 Å². The summed E-state index contributed by atoms with van der Waals surface area (Å²) >= 11 is 0. The van der Waals surface area contributed by atoms with Crippen molar-refractivity contribution >= 4 is 5.82 Å². The van der Waals surface area contributed by atoms with Gasteiger partial charge in [-0.05, 0) is 42.5 Å². The van der Waals surface area contributed by atoms with Crippen LogP contribution in [0.2, 0.25) is 0 Å². The highest BCUT2D eigenvalue weighted by molar-refractivity contribution is 5.45. The van der Waals surface area contributed by atoms with Gasteiger partial charge in [0.2, 0.25) is 0 Å². The van der Waals surface area contributed by atoms with Gasteiger partial charge in [0.1, 0.15) is 11.6 Å². The van der Waals surface area contributed by atoms with Crippen molar-refractivity contribution in [1.82, 2.24) is 9.97 Å². The Hall–Kier alpha value is -1.97. The Morgan fingerprint density at radius 1 is 1.20 bits per heavy atom. The molecule has 0 saturated carbocycles. The molecule has 20 heavy (non-hydrogen) atoms. The molecule has 4 heteroatoms. The normalized spacial score (nSPS) is 10.6. The molecule has 0 aromatic carbocycles. The van der Waals surface area contributed by atoms with Crippen LogP contribution in [0.1, 0.15) is 23.7 Å². The zero-order chi connectivity index (χ0) is 14.5. The maximum absolute atomic E-state index is 13.7. The van der Waals surface area contributed by atoms with Crippen LogP contribution in [-0.2, 0) is 19.3 Å². The van der Waals surface area contributed by atoms with E-state index in [0.29, 0.717) is 12.1 Å². The second-order valence-electron chi connectivity index (χ2n) is 5.01. The lowest BCUT2D eigenvalue weighted by molar-refractivity contribution is 0.598. The summed E-state index contributed by atoms with van der Waals surface area (Å²) in [7, 11) is 3.95. The summed E-state index contributed by atoms with van der Waals surface area (Å²) in [6.07, 6.45) is 5.78. The number of anilines is 1. The summed E-state index contributed by atoms with van der Waals surface area (Å²) in [6, 6.07) is 5.59. The second kappa shape index (κ2) is 6.46. The molecule has 0 amide bonds. The van der Waals surface area contributed by atoms with E-state index in [1.165, 1.54) is 0 Å². The largest absolute Gasteiger partial charge is 0.363 e. The highest BCUT2D eigenvalue weighted by Gasteiger charge is 2.07.